The predicted octanol–water partition coefficient (Wildman–Crippen LogP) is 1.76. The van der Waals surface area contributed by atoms with Crippen LogP contribution in [-0.4, -0.2) is 46.7 Å². The molecule has 2 N–H and O–H groups in total. The first-order valence-electron chi connectivity index (χ1n) is 9.53. The second-order valence-electron chi connectivity index (χ2n) is 6.66. The summed E-state index contributed by atoms with van der Waals surface area (Å²) < 4.78 is 1.92. The number of benzene rings is 1. The van der Waals surface area contributed by atoms with E-state index < -0.39 is 0 Å². The summed E-state index contributed by atoms with van der Waals surface area (Å²) in [6.45, 7) is 3.93. The van der Waals surface area contributed by atoms with Crippen LogP contribution >= 0.6 is 0 Å². The standard InChI is InChI=1S/C20H28N6O/c1-21-20(22-10-5-13-26-14-6-11-24-26)23-15-17-7-2-3-8-18(17)16-25-12-4-9-19(25)27/h2-3,6-8,11,14H,4-5,9-10,12-13,15-16H2,1H3,(H2,21,22,23). The number of guanidine groups is 1. The molecule has 0 radical (unpaired) electrons. The fraction of sp³-hybridized carbons (Fsp3) is 0.450. The summed E-state index contributed by atoms with van der Waals surface area (Å²) in [6.07, 6.45) is 6.37. The Bertz CT molecular complexity index is 756. The number of likely N-dealkylation sites (tertiary alicyclic amines) is 1. The summed E-state index contributed by atoms with van der Waals surface area (Å²) in [6, 6.07) is 10.2. The molecule has 2 aromatic rings. The molecule has 0 saturated carbocycles. The van der Waals surface area contributed by atoms with Crippen LogP contribution in [0, 0.1) is 0 Å². The van der Waals surface area contributed by atoms with Gasteiger partial charge in [0.1, 0.15) is 0 Å². The number of aryl methyl sites for hydroxylation is 1. The number of hydrogen-bond acceptors (Lipinski definition) is 3. The molecule has 7 nitrogen and oxygen atoms in total. The summed E-state index contributed by atoms with van der Waals surface area (Å²) in [4.78, 5) is 18.1. The van der Waals surface area contributed by atoms with E-state index in [0.717, 1.165) is 38.4 Å². The van der Waals surface area contributed by atoms with E-state index in [9.17, 15) is 4.79 Å². The highest BCUT2D eigenvalue weighted by molar-refractivity contribution is 5.79. The number of carbonyl (C=O) groups is 1. The Kier molecular flexibility index (Phi) is 6.84. The number of aromatic nitrogens is 2. The zero-order valence-electron chi connectivity index (χ0n) is 15.9. The molecule has 0 atom stereocenters. The smallest absolute Gasteiger partial charge is 0.222 e. The van der Waals surface area contributed by atoms with Gasteiger partial charge < -0.3 is 15.5 Å². The van der Waals surface area contributed by atoms with E-state index >= 15 is 0 Å². The van der Waals surface area contributed by atoms with E-state index in [4.69, 9.17) is 0 Å². The third-order valence-electron chi connectivity index (χ3n) is 4.74. The maximum Gasteiger partial charge on any atom is 0.222 e. The molecule has 27 heavy (non-hydrogen) atoms. The van der Waals surface area contributed by atoms with E-state index in [-0.39, 0.29) is 5.91 Å². The predicted molar refractivity (Wildman–Crippen MR) is 106 cm³/mol. The van der Waals surface area contributed by atoms with Crippen molar-refractivity contribution in [2.24, 2.45) is 4.99 Å². The number of aliphatic imine (C=N–C) groups is 1. The number of rotatable bonds is 8. The monoisotopic (exact) mass is 368 g/mol. The molecular weight excluding hydrogens is 340 g/mol. The average molecular weight is 368 g/mol. The molecule has 1 aromatic heterocycles. The minimum absolute atomic E-state index is 0.257. The highest BCUT2D eigenvalue weighted by Gasteiger charge is 2.20. The molecule has 1 amide bonds. The van der Waals surface area contributed by atoms with Gasteiger partial charge in [0.15, 0.2) is 5.96 Å². The Balaban J connectivity index is 1.47. The lowest BCUT2D eigenvalue weighted by Crippen LogP contribution is -2.37. The molecule has 0 spiro atoms. The van der Waals surface area contributed by atoms with E-state index in [2.05, 4.69) is 32.9 Å². The molecular formula is C20H28N6O. The van der Waals surface area contributed by atoms with Gasteiger partial charge in [0.2, 0.25) is 5.91 Å². The Hall–Kier alpha value is -2.83. The van der Waals surface area contributed by atoms with Crippen molar-refractivity contribution in [3.63, 3.8) is 0 Å². The molecule has 1 saturated heterocycles. The number of hydrogen-bond donors (Lipinski definition) is 2. The lowest BCUT2D eigenvalue weighted by molar-refractivity contribution is -0.128. The van der Waals surface area contributed by atoms with Crippen LogP contribution in [0.5, 0.6) is 0 Å². The summed E-state index contributed by atoms with van der Waals surface area (Å²) in [5.41, 5.74) is 2.38. The summed E-state index contributed by atoms with van der Waals surface area (Å²) in [7, 11) is 1.78. The topological polar surface area (TPSA) is 74.6 Å². The van der Waals surface area contributed by atoms with Crippen LogP contribution in [-0.2, 0) is 24.4 Å². The SMILES string of the molecule is CN=C(NCCCn1cccn1)NCc1ccccc1CN1CCCC1=O. The molecule has 7 heteroatoms. The van der Waals surface area contributed by atoms with Gasteiger partial charge in [0.25, 0.3) is 0 Å². The molecule has 1 fully saturated rings. The maximum atomic E-state index is 11.9. The zero-order valence-corrected chi connectivity index (χ0v) is 15.9. The third-order valence-corrected chi connectivity index (χ3v) is 4.74. The van der Waals surface area contributed by atoms with E-state index in [1.54, 1.807) is 13.2 Å². The quantitative estimate of drug-likeness (QED) is 0.423. The Morgan fingerprint density at radius 1 is 1.22 bits per heavy atom. The lowest BCUT2D eigenvalue weighted by atomic mass is 10.1. The normalized spacial score (nSPS) is 14.6. The van der Waals surface area contributed by atoms with E-state index in [0.29, 0.717) is 19.5 Å². The van der Waals surface area contributed by atoms with Crippen molar-refractivity contribution < 1.29 is 4.79 Å². The summed E-state index contributed by atoms with van der Waals surface area (Å²) in [5, 5.41) is 10.9. The van der Waals surface area contributed by atoms with Crippen molar-refractivity contribution in [2.45, 2.75) is 38.9 Å². The highest BCUT2D eigenvalue weighted by atomic mass is 16.2. The molecule has 3 rings (SSSR count). The molecule has 1 aromatic carbocycles. The molecule has 0 unspecified atom stereocenters. The molecule has 0 aliphatic carbocycles. The number of carbonyl (C=O) groups excluding carboxylic acids is 1. The molecule has 2 heterocycles. The van der Waals surface area contributed by atoms with Crippen molar-refractivity contribution in [1.82, 2.24) is 25.3 Å². The van der Waals surface area contributed by atoms with Crippen LogP contribution in [0.15, 0.2) is 47.7 Å². The van der Waals surface area contributed by atoms with Gasteiger partial charge in [-0.2, -0.15) is 5.10 Å². The van der Waals surface area contributed by atoms with Crippen LogP contribution in [0.25, 0.3) is 0 Å². The van der Waals surface area contributed by atoms with Gasteiger partial charge in [-0.1, -0.05) is 24.3 Å². The van der Waals surface area contributed by atoms with Crippen molar-refractivity contribution in [3.8, 4) is 0 Å². The van der Waals surface area contributed by atoms with Crippen LogP contribution in [0.4, 0.5) is 0 Å². The first-order chi connectivity index (χ1) is 13.3. The minimum Gasteiger partial charge on any atom is -0.356 e. The van der Waals surface area contributed by atoms with Gasteiger partial charge in [0, 0.05) is 58.6 Å². The Labute approximate surface area is 160 Å². The second kappa shape index (κ2) is 9.75. The van der Waals surface area contributed by atoms with Crippen LogP contribution in [0.2, 0.25) is 0 Å². The lowest BCUT2D eigenvalue weighted by Gasteiger charge is -2.19. The van der Waals surface area contributed by atoms with Crippen molar-refractivity contribution in [3.05, 3.63) is 53.9 Å². The highest BCUT2D eigenvalue weighted by Crippen LogP contribution is 2.17. The largest absolute Gasteiger partial charge is 0.356 e. The number of nitrogens with one attached hydrogen (secondary N) is 2. The van der Waals surface area contributed by atoms with E-state index in [1.165, 1.54) is 11.1 Å². The number of nitrogens with zero attached hydrogens (tertiary/aromatic N) is 4. The van der Waals surface area contributed by atoms with Gasteiger partial charge in [-0.05, 0) is 30.0 Å². The van der Waals surface area contributed by atoms with E-state index in [1.807, 2.05) is 34.0 Å². The van der Waals surface area contributed by atoms with Crippen molar-refractivity contribution >= 4 is 11.9 Å². The number of amides is 1. The average Bonchev–Trinajstić information content (AvgIpc) is 3.34. The molecule has 1 aliphatic rings. The Morgan fingerprint density at radius 2 is 2.07 bits per heavy atom. The molecule has 0 bridgehead atoms. The maximum absolute atomic E-state index is 11.9. The third kappa shape index (κ3) is 5.57. The minimum atomic E-state index is 0.257. The van der Waals surface area contributed by atoms with Crippen molar-refractivity contribution in [2.75, 3.05) is 20.1 Å². The second-order valence-corrected chi connectivity index (χ2v) is 6.66. The van der Waals surface area contributed by atoms with Gasteiger partial charge in [-0.3, -0.25) is 14.5 Å². The summed E-state index contributed by atoms with van der Waals surface area (Å²) in [5.74, 6) is 1.04. The van der Waals surface area contributed by atoms with Gasteiger partial charge in [0.05, 0.1) is 0 Å². The first-order valence-corrected chi connectivity index (χ1v) is 9.53. The van der Waals surface area contributed by atoms with Gasteiger partial charge in [-0.25, -0.2) is 0 Å². The van der Waals surface area contributed by atoms with Crippen LogP contribution in [0.1, 0.15) is 30.4 Å². The fourth-order valence-electron chi connectivity index (χ4n) is 3.24. The Morgan fingerprint density at radius 3 is 2.78 bits per heavy atom. The van der Waals surface area contributed by atoms with Crippen LogP contribution < -0.4 is 10.6 Å². The van der Waals surface area contributed by atoms with Gasteiger partial charge in [-0.15, -0.1) is 0 Å². The fourth-order valence-corrected chi connectivity index (χ4v) is 3.24. The summed E-state index contributed by atoms with van der Waals surface area (Å²) >= 11 is 0. The molecule has 1 aliphatic heterocycles. The van der Waals surface area contributed by atoms with Crippen LogP contribution in [0.3, 0.4) is 0 Å². The zero-order chi connectivity index (χ0) is 18.9. The van der Waals surface area contributed by atoms with Gasteiger partial charge >= 0.3 is 0 Å². The van der Waals surface area contributed by atoms with Crippen molar-refractivity contribution in [1.29, 1.82) is 0 Å². The molecule has 144 valence electrons. The first kappa shape index (κ1) is 18.9.